The van der Waals surface area contributed by atoms with E-state index >= 15 is 0 Å². The van der Waals surface area contributed by atoms with Crippen molar-refractivity contribution >= 4 is 11.4 Å². The third-order valence-corrected chi connectivity index (χ3v) is 6.22. The predicted octanol–water partition coefficient (Wildman–Crippen LogP) is 3.32. The van der Waals surface area contributed by atoms with E-state index in [2.05, 4.69) is 48.8 Å². The summed E-state index contributed by atoms with van der Waals surface area (Å²) in [5, 5.41) is 0. The van der Waals surface area contributed by atoms with Gasteiger partial charge in [0.1, 0.15) is 0 Å². The van der Waals surface area contributed by atoms with Crippen LogP contribution in [0.3, 0.4) is 0 Å². The van der Waals surface area contributed by atoms with Crippen LogP contribution in [0.5, 0.6) is 11.5 Å². The van der Waals surface area contributed by atoms with Gasteiger partial charge in [0, 0.05) is 18.1 Å². The summed E-state index contributed by atoms with van der Waals surface area (Å²) in [7, 11) is 3.30. The first-order valence-electron chi connectivity index (χ1n) is 11.3. The highest BCUT2D eigenvalue weighted by atomic mass is 35.5. The number of para-hydroxylation sites is 1. The lowest BCUT2D eigenvalue weighted by Crippen LogP contribution is -3.00. The van der Waals surface area contributed by atoms with Crippen LogP contribution < -0.4 is 21.9 Å². The van der Waals surface area contributed by atoms with E-state index < -0.39 is 0 Å². The molecule has 0 saturated heterocycles. The zero-order valence-electron chi connectivity index (χ0n) is 19.7. The molecule has 1 unspecified atom stereocenters. The predicted molar refractivity (Wildman–Crippen MR) is 127 cm³/mol. The van der Waals surface area contributed by atoms with Gasteiger partial charge in [-0.1, -0.05) is 37.6 Å². The van der Waals surface area contributed by atoms with E-state index in [1.54, 1.807) is 20.3 Å². The molecule has 1 aliphatic rings. The highest BCUT2D eigenvalue weighted by molar-refractivity contribution is 6.12. The van der Waals surface area contributed by atoms with Crippen LogP contribution in [-0.2, 0) is 12.8 Å². The minimum Gasteiger partial charge on any atom is -1.00 e. The average molecular weight is 468 g/mol. The molecule has 0 radical (unpaired) electrons. The number of nitrogens with zero attached hydrogens (tertiary/aromatic N) is 1. The Morgan fingerprint density at radius 1 is 0.970 bits per heavy atom. The van der Waals surface area contributed by atoms with Crippen molar-refractivity contribution in [3.63, 3.8) is 0 Å². The normalized spacial score (nSPS) is 15.0. The van der Waals surface area contributed by atoms with Gasteiger partial charge in [0.25, 0.3) is 0 Å². The van der Waals surface area contributed by atoms with Gasteiger partial charge in [0.05, 0.1) is 19.8 Å². The molecule has 0 aliphatic carbocycles. The monoisotopic (exact) mass is 467 g/mol. The van der Waals surface area contributed by atoms with E-state index in [1.807, 2.05) is 18.2 Å². The van der Waals surface area contributed by atoms with E-state index in [9.17, 15) is 4.39 Å². The lowest BCUT2D eigenvalue weighted by Gasteiger charge is -2.25. The number of rotatable bonds is 7. The molecule has 0 saturated carbocycles. The van der Waals surface area contributed by atoms with Gasteiger partial charge >= 0.3 is 0 Å². The molecule has 3 aromatic carbocycles. The van der Waals surface area contributed by atoms with Gasteiger partial charge in [-0.15, -0.1) is 0 Å². The van der Waals surface area contributed by atoms with Crippen molar-refractivity contribution < 1.29 is 30.8 Å². The largest absolute Gasteiger partial charge is 1.00 e. The maximum absolute atomic E-state index is 15.0. The van der Waals surface area contributed by atoms with Crippen molar-refractivity contribution in [2.24, 2.45) is 0 Å². The summed E-state index contributed by atoms with van der Waals surface area (Å²) in [5.74, 6) is 1.17. The minimum atomic E-state index is -0.222. The molecular weight excluding hydrogens is 437 g/mol. The van der Waals surface area contributed by atoms with Gasteiger partial charge in [-0.25, -0.2) is 0 Å². The van der Waals surface area contributed by atoms with E-state index in [4.69, 9.17) is 9.47 Å². The van der Waals surface area contributed by atoms with Gasteiger partial charge in [-0.2, -0.15) is 8.97 Å². The lowest BCUT2D eigenvalue weighted by atomic mass is 9.88. The number of unbranched alkanes of at least 4 members (excludes halogenated alkanes) is 1. The van der Waals surface area contributed by atoms with Crippen molar-refractivity contribution in [2.75, 3.05) is 14.2 Å². The van der Waals surface area contributed by atoms with Gasteiger partial charge in [-0.05, 0) is 61.2 Å². The first-order chi connectivity index (χ1) is 15.6. The van der Waals surface area contributed by atoms with E-state index in [1.165, 1.54) is 30.0 Å². The molecule has 5 heteroatoms. The number of hydrogen-bond donors (Lipinski definition) is 0. The van der Waals surface area contributed by atoms with Crippen LogP contribution in [0, 0.1) is 5.82 Å². The molecule has 174 valence electrons. The quantitative estimate of drug-likeness (QED) is 0.497. The second-order valence-corrected chi connectivity index (χ2v) is 8.39. The zero-order valence-corrected chi connectivity index (χ0v) is 20.5. The summed E-state index contributed by atoms with van der Waals surface area (Å²) in [6, 6.07) is 19.9. The molecule has 3 aromatic rings. The van der Waals surface area contributed by atoms with Crippen LogP contribution in [-0.4, -0.2) is 30.5 Å². The van der Waals surface area contributed by atoms with Gasteiger partial charge in [0.15, 0.2) is 23.4 Å². The van der Waals surface area contributed by atoms with Crippen LogP contribution in [0.25, 0.3) is 0 Å². The van der Waals surface area contributed by atoms with Crippen LogP contribution in [0.2, 0.25) is 0 Å². The van der Waals surface area contributed by atoms with Crippen molar-refractivity contribution in [1.82, 2.24) is 0 Å². The van der Waals surface area contributed by atoms with Crippen molar-refractivity contribution in [3.05, 3.63) is 88.7 Å². The van der Waals surface area contributed by atoms with Gasteiger partial charge in [0.2, 0.25) is 11.4 Å². The standard InChI is InChI=1S/C28H31FNO2.ClH/c1-5-6-9-20-12-14-21(15-13-20)28-23-18-27(32-4)26(31-3)17-22(23)16-19(2)30(28)25-11-8-7-10-24(25)29;/h7-8,10-15,17-19H,5-6,9,16H2,1-4H3;1H/q+1;/p-1. The smallest absolute Gasteiger partial charge is 0.242 e. The summed E-state index contributed by atoms with van der Waals surface area (Å²) in [6.07, 6.45) is 4.20. The zero-order chi connectivity index (χ0) is 22.7. The molecule has 33 heavy (non-hydrogen) atoms. The molecule has 0 bridgehead atoms. The molecule has 0 fully saturated rings. The number of ether oxygens (including phenoxy) is 2. The molecule has 1 atom stereocenters. The number of fused-ring (bicyclic) bond motifs is 1. The minimum absolute atomic E-state index is 0. The fraction of sp³-hybridized carbons (Fsp3) is 0.321. The van der Waals surface area contributed by atoms with E-state index in [-0.39, 0.29) is 24.3 Å². The first-order valence-corrected chi connectivity index (χ1v) is 11.3. The summed E-state index contributed by atoms with van der Waals surface area (Å²) < 4.78 is 28.3. The first kappa shape index (κ1) is 24.8. The van der Waals surface area contributed by atoms with Crippen LogP contribution in [0.4, 0.5) is 10.1 Å². The number of methoxy groups -OCH3 is 2. The van der Waals surface area contributed by atoms with Gasteiger partial charge < -0.3 is 21.9 Å². The van der Waals surface area contributed by atoms with Crippen molar-refractivity contribution in [3.8, 4) is 11.5 Å². The fourth-order valence-corrected chi connectivity index (χ4v) is 4.58. The second kappa shape index (κ2) is 10.8. The van der Waals surface area contributed by atoms with Crippen LogP contribution >= 0.6 is 0 Å². The molecule has 1 aliphatic heterocycles. The summed E-state index contributed by atoms with van der Waals surface area (Å²) in [5.41, 5.74) is 6.19. The topological polar surface area (TPSA) is 21.5 Å². The summed E-state index contributed by atoms with van der Waals surface area (Å²) in [6.45, 7) is 4.35. The highest BCUT2D eigenvalue weighted by Gasteiger charge is 2.36. The Morgan fingerprint density at radius 2 is 1.64 bits per heavy atom. The third kappa shape index (κ3) is 4.91. The highest BCUT2D eigenvalue weighted by Crippen LogP contribution is 2.37. The molecule has 0 amide bonds. The number of benzene rings is 3. The number of halogens is 2. The Morgan fingerprint density at radius 3 is 2.27 bits per heavy atom. The Labute approximate surface area is 202 Å². The fourth-order valence-electron chi connectivity index (χ4n) is 4.58. The maximum atomic E-state index is 15.0. The van der Waals surface area contributed by atoms with E-state index in [0.717, 1.165) is 29.7 Å². The average Bonchev–Trinajstić information content (AvgIpc) is 2.82. The van der Waals surface area contributed by atoms with Crippen LogP contribution in [0.1, 0.15) is 48.9 Å². The molecular formula is C28H31ClFNO2. The Bertz CT molecular complexity index is 1140. The second-order valence-electron chi connectivity index (χ2n) is 8.39. The molecule has 1 heterocycles. The Kier molecular flexibility index (Phi) is 8.15. The SMILES string of the molecule is CCCCc1ccc(C2=[N+](c3ccccc3F)C(C)Cc3cc(OC)c(OC)cc32)cc1.[Cl-]. The Balaban J connectivity index is 0.00000306. The molecule has 0 N–H and O–H groups in total. The molecule has 0 aromatic heterocycles. The summed E-state index contributed by atoms with van der Waals surface area (Å²) >= 11 is 0. The Hall–Kier alpha value is -2.85. The molecule has 3 nitrogen and oxygen atoms in total. The van der Waals surface area contributed by atoms with Gasteiger partial charge in [-0.3, -0.25) is 0 Å². The van der Waals surface area contributed by atoms with E-state index in [0.29, 0.717) is 17.2 Å². The van der Waals surface area contributed by atoms with Crippen molar-refractivity contribution in [1.29, 1.82) is 0 Å². The molecule has 0 spiro atoms. The van der Waals surface area contributed by atoms with Crippen LogP contribution in [0.15, 0.2) is 60.7 Å². The third-order valence-electron chi connectivity index (χ3n) is 6.22. The summed E-state index contributed by atoms with van der Waals surface area (Å²) in [4.78, 5) is 0. The maximum Gasteiger partial charge on any atom is 0.242 e. The number of aryl methyl sites for hydroxylation is 1. The number of hydrogen-bond acceptors (Lipinski definition) is 2. The lowest BCUT2D eigenvalue weighted by molar-refractivity contribution is -0.483. The molecule has 4 rings (SSSR count). The van der Waals surface area contributed by atoms with Crippen molar-refractivity contribution in [2.45, 2.75) is 45.6 Å².